The second kappa shape index (κ2) is 2.41. The predicted octanol–water partition coefficient (Wildman–Crippen LogP) is 0.0851. The lowest BCUT2D eigenvalue weighted by Gasteiger charge is -2.35. The minimum atomic E-state index is -3.16. The van der Waals surface area contributed by atoms with Crippen LogP contribution < -0.4 is 4.72 Å². The van der Waals surface area contributed by atoms with Crippen molar-refractivity contribution in [1.82, 2.24) is 4.72 Å². The Morgan fingerprint density at radius 2 is 2.07 bits per heavy atom. The molecule has 15 heavy (non-hydrogen) atoms. The summed E-state index contributed by atoms with van der Waals surface area (Å²) in [5, 5.41) is 10.1. The van der Waals surface area contributed by atoms with Crippen molar-refractivity contribution >= 4 is 10.0 Å². The summed E-state index contributed by atoms with van der Waals surface area (Å²) in [5.74, 6) is 0.455. The topological polar surface area (TPSA) is 66.4 Å². The quantitative estimate of drug-likeness (QED) is 0.620. The first-order chi connectivity index (χ1) is 6.80. The molecule has 4 unspecified atom stereocenters. The molecule has 2 bridgehead atoms. The molecule has 1 aliphatic heterocycles. The Morgan fingerprint density at radius 1 is 1.40 bits per heavy atom. The lowest BCUT2D eigenvalue weighted by atomic mass is 9.69. The molecule has 0 aromatic heterocycles. The number of hydrogen-bond donors (Lipinski definition) is 2. The van der Waals surface area contributed by atoms with Gasteiger partial charge in [0.05, 0.1) is 17.9 Å². The van der Waals surface area contributed by atoms with Crippen molar-refractivity contribution in [2.45, 2.75) is 38.8 Å². The molecule has 1 heterocycles. The van der Waals surface area contributed by atoms with Gasteiger partial charge in [-0.3, -0.25) is 0 Å². The molecule has 0 amide bonds. The lowest BCUT2D eigenvalue weighted by molar-refractivity contribution is 0.0744. The van der Waals surface area contributed by atoms with Crippen LogP contribution in [0.1, 0.15) is 26.7 Å². The summed E-state index contributed by atoms with van der Waals surface area (Å²) < 4.78 is 25.9. The number of hydrogen-bond acceptors (Lipinski definition) is 3. The Labute approximate surface area is 90.1 Å². The van der Waals surface area contributed by atoms with Gasteiger partial charge in [-0.15, -0.1) is 0 Å². The van der Waals surface area contributed by atoms with Gasteiger partial charge in [0, 0.05) is 5.41 Å². The molecule has 2 N–H and O–H groups in total. The molecule has 4 nitrogen and oxygen atoms in total. The van der Waals surface area contributed by atoms with Crippen molar-refractivity contribution in [2.75, 3.05) is 5.75 Å². The van der Waals surface area contributed by atoms with Crippen molar-refractivity contribution < 1.29 is 13.5 Å². The van der Waals surface area contributed by atoms with Crippen LogP contribution in [0.2, 0.25) is 0 Å². The Bertz CT molecular complexity index is 416. The number of rotatable bonds is 0. The van der Waals surface area contributed by atoms with Crippen LogP contribution in [-0.4, -0.2) is 31.4 Å². The number of sulfonamides is 1. The van der Waals surface area contributed by atoms with Gasteiger partial charge < -0.3 is 5.11 Å². The van der Waals surface area contributed by atoms with Crippen molar-refractivity contribution in [3.8, 4) is 0 Å². The average molecular weight is 231 g/mol. The van der Waals surface area contributed by atoms with E-state index in [4.69, 9.17) is 0 Å². The van der Waals surface area contributed by atoms with Gasteiger partial charge in [0.2, 0.25) is 10.0 Å². The van der Waals surface area contributed by atoms with Crippen LogP contribution in [0.3, 0.4) is 0 Å². The molecule has 3 aliphatic rings. The summed E-state index contributed by atoms with van der Waals surface area (Å²) in [5.41, 5.74) is -0.288. The smallest absolute Gasteiger partial charge is 0.212 e. The monoisotopic (exact) mass is 231 g/mol. The maximum atomic E-state index is 11.6. The highest BCUT2D eigenvalue weighted by Gasteiger charge is 2.72. The van der Waals surface area contributed by atoms with Crippen molar-refractivity contribution in [3.05, 3.63) is 0 Å². The average Bonchev–Trinajstić information content (AvgIpc) is 2.54. The summed E-state index contributed by atoms with van der Waals surface area (Å²) >= 11 is 0. The van der Waals surface area contributed by atoms with E-state index in [0.29, 0.717) is 0 Å². The second-order valence-electron chi connectivity index (χ2n) is 5.87. The maximum Gasteiger partial charge on any atom is 0.212 e. The Hall–Kier alpha value is -0.130. The van der Waals surface area contributed by atoms with Crippen LogP contribution in [0, 0.1) is 16.7 Å². The highest BCUT2D eigenvalue weighted by molar-refractivity contribution is 7.89. The number of aliphatic hydroxyl groups excluding tert-OH is 1. The van der Waals surface area contributed by atoms with E-state index in [2.05, 4.69) is 18.6 Å². The molecular formula is C10H17NO3S. The summed E-state index contributed by atoms with van der Waals surface area (Å²) in [4.78, 5) is 0. The van der Waals surface area contributed by atoms with Crippen LogP contribution in [0.15, 0.2) is 0 Å². The highest BCUT2D eigenvalue weighted by atomic mass is 32.2. The van der Waals surface area contributed by atoms with Gasteiger partial charge in [-0.25, -0.2) is 13.1 Å². The summed E-state index contributed by atoms with van der Waals surface area (Å²) in [6.07, 6.45) is 1.39. The van der Waals surface area contributed by atoms with Crippen LogP contribution in [0.25, 0.3) is 0 Å². The largest absolute Gasteiger partial charge is 0.391 e. The van der Waals surface area contributed by atoms with E-state index in [1.807, 2.05) is 0 Å². The van der Waals surface area contributed by atoms with Crippen LogP contribution in [0.5, 0.6) is 0 Å². The van der Waals surface area contributed by atoms with E-state index in [1.54, 1.807) is 0 Å². The minimum Gasteiger partial charge on any atom is -0.391 e. The molecule has 5 heteroatoms. The third-order valence-corrected chi connectivity index (χ3v) is 6.72. The highest BCUT2D eigenvalue weighted by Crippen LogP contribution is 2.67. The van der Waals surface area contributed by atoms with Gasteiger partial charge >= 0.3 is 0 Å². The van der Waals surface area contributed by atoms with Gasteiger partial charge in [-0.2, -0.15) is 0 Å². The van der Waals surface area contributed by atoms with E-state index in [1.165, 1.54) is 0 Å². The molecule has 86 valence electrons. The zero-order chi connectivity index (χ0) is 11.1. The zero-order valence-electron chi connectivity index (χ0n) is 9.03. The molecular weight excluding hydrogens is 214 g/mol. The standard InChI is InChI=1S/C10H17NO3S/c1-9(2)6-3-4-10(9)5-15(13,14)11-8(10)7(6)12/h6-8,11-12H,3-5H2,1-2H3. The van der Waals surface area contributed by atoms with Crippen LogP contribution >= 0.6 is 0 Å². The fourth-order valence-corrected chi connectivity index (χ4v) is 6.49. The number of fused-ring (bicyclic) bond motifs is 1. The van der Waals surface area contributed by atoms with Crippen LogP contribution in [-0.2, 0) is 10.0 Å². The molecule has 1 saturated heterocycles. The van der Waals surface area contributed by atoms with Crippen LogP contribution in [0.4, 0.5) is 0 Å². The molecule has 4 atom stereocenters. The van der Waals surface area contributed by atoms with E-state index in [0.717, 1.165) is 12.8 Å². The van der Waals surface area contributed by atoms with E-state index in [-0.39, 0.29) is 28.5 Å². The third-order valence-electron chi connectivity index (χ3n) is 5.21. The lowest BCUT2D eigenvalue weighted by Crippen LogP contribution is -2.45. The van der Waals surface area contributed by atoms with Crippen molar-refractivity contribution in [2.24, 2.45) is 16.7 Å². The number of aliphatic hydroxyl groups is 1. The number of nitrogens with one attached hydrogen (secondary N) is 1. The predicted molar refractivity (Wildman–Crippen MR) is 55.7 cm³/mol. The summed E-state index contributed by atoms with van der Waals surface area (Å²) in [6, 6.07) is -0.240. The molecule has 3 rings (SSSR count). The Morgan fingerprint density at radius 3 is 2.67 bits per heavy atom. The fourth-order valence-electron chi connectivity index (χ4n) is 4.28. The normalized spacial score (nSPS) is 54.5. The van der Waals surface area contributed by atoms with Gasteiger partial charge in [0.15, 0.2) is 0 Å². The SMILES string of the molecule is CC1(C)C2CCC13CS(=O)(=O)NC3C2O. The first kappa shape index (κ1) is 10.1. The molecule has 3 fully saturated rings. The summed E-state index contributed by atoms with van der Waals surface area (Å²) in [7, 11) is -3.16. The van der Waals surface area contributed by atoms with Gasteiger partial charge in [0.25, 0.3) is 0 Å². The van der Waals surface area contributed by atoms with Gasteiger partial charge in [-0.05, 0) is 24.2 Å². The minimum absolute atomic E-state index is 0.0619. The van der Waals surface area contributed by atoms with Crippen molar-refractivity contribution in [1.29, 1.82) is 0 Å². The first-order valence-corrected chi connectivity index (χ1v) is 7.13. The first-order valence-electron chi connectivity index (χ1n) is 5.48. The molecule has 0 aromatic rings. The molecule has 0 radical (unpaired) electrons. The Balaban J connectivity index is 2.16. The fraction of sp³-hybridized carbons (Fsp3) is 1.00. The summed E-state index contributed by atoms with van der Waals surface area (Å²) in [6.45, 7) is 4.22. The third kappa shape index (κ3) is 0.929. The second-order valence-corrected chi connectivity index (χ2v) is 7.62. The van der Waals surface area contributed by atoms with Gasteiger partial charge in [0.1, 0.15) is 0 Å². The van der Waals surface area contributed by atoms with E-state index in [9.17, 15) is 13.5 Å². The molecule has 1 spiro atoms. The van der Waals surface area contributed by atoms with E-state index >= 15 is 0 Å². The Kier molecular flexibility index (Phi) is 1.62. The van der Waals surface area contributed by atoms with Gasteiger partial charge in [-0.1, -0.05) is 13.8 Å². The molecule has 2 aliphatic carbocycles. The maximum absolute atomic E-state index is 11.6. The van der Waals surface area contributed by atoms with E-state index < -0.39 is 16.1 Å². The molecule has 2 saturated carbocycles. The molecule has 0 aromatic carbocycles. The van der Waals surface area contributed by atoms with Crippen molar-refractivity contribution in [3.63, 3.8) is 0 Å². The zero-order valence-corrected chi connectivity index (χ0v) is 9.84.